The maximum absolute atomic E-state index is 11.7. The molecule has 0 aliphatic heterocycles. The number of carbonyl (C=O) groups is 2. The smallest absolute Gasteiger partial charge is 0.307 e. The molecule has 5 heteroatoms. The highest BCUT2D eigenvalue weighted by Gasteiger charge is 2.48. The van der Waals surface area contributed by atoms with Gasteiger partial charge in [-0.2, -0.15) is 0 Å². The summed E-state index contributed by atoms with van der Waals surface area (Å²) in [6, 6.07) is 7.81. The van der Waals surface area contributed by atoms with Crippen LogP contribution >= 0.6 is 0 Å². The molecule has 1 aromatic rings. The molecule has 0 bridgehead atoms. The molecule has 1 saturated carbocycles. The van der Waals surface area contributed by atoms with Gasteiger partial charge in [-0.3, -0.25) is 9.59 Å². The third kappa shape index (κ3) is 3.81. The number of nitrogens with one attached hydrogen (secondary N) is 1. The van der Waals surface area contributed by atoms with Gasteiger partial charge in [0.05, 0.1) is 18.4 Å². The second-order valence-electron chi connectivity index (χ2n) is 4.96. The first-order chi connectivity index (χ1) is 9.61. The summed E-state index contributed by atoms with van der Waals surface area (Å²) in [6.07, 6.45) is 0.453. The molecule has 1 fully saturated rings. The second-order valence-corrected chi connectivity index (χ2v) is 4.96. The fourth-order valence-electron chi connectivity index (χ4n) is 2.05. The summed E-state index contributed by atoms with van der Waals surface area (Å²) in [4.78, 5) is 22.4. The predicted molar refractivity (Wildman–Crippen MR) is 72.9 cm³/mol. The van der Waals surface area contributed by atoms with Crippen molar-refractivity contribution in [2.45, 2.75) is 26.5 Å². The molecule has 0 spiro atoms. The van der Waals surface area contributed by atoms with Crippen LogP contribution in [0.15, 0.2) is 24.3 Å². The topological polar surface area (TPSA) is 75.6 Å². The van der Waals surface area contributed by atoms with Crippen LogP contribution in [0.25, 0.3) is 0 Å². The quantitative estimate of drug-likeness (QED) is 0.793. The first kappa shape index (κ1) is 14.5. The second kappa shape index (κ2) is 6.52. The van der Waals surface area contributed by atoms with E-state index in [4.69, 9.17) is 9.84 Å². The van der Waals surface area contributed by atoms with Gasteiger partial charge in [0.1, 0.15) is 0 Å². The van der Waals surface area contributed by atoms with Crippen molar-refractivity contribution in [3.63, 3.8) is 0 Å². The minimum atomic E-state index is -0.884. The molecule has 0 aromatic heterocycles. The number of amides is 1. The Bertz CT molecular complexity index is 483. The van der Waals surface area contributed by atoms with Gasteiger partial charge in [0.15, 0.2) is 0 Å². The molecule has 0 heterocycles. The van der Waals surface area contributed by atoms with Gasteiger partial charge < -0.3 is 15.2 Å². The van der Waals surface area contributed by atoms with E-state index in [1.165, 1.54) is 0 Å². The fraction of sp³-hybridized carbons (Fsp3) is 0.467. The maximum Gasteiger partial charge on any atom is 0.307 e. The fourth-order valence-corrected chi connectivity index (χ4v) is 2.05. The molecule has 2 rings (SSSR count). The lowest BCUT2D eigenvalue weighted by atomic mass is 10.1. The minimum absolute atomic E-state index is 0.171. The summed E-state index contributed by atoms with van der Waals surface area (Å²) in [5.74, 6) is -1.91. The molecular formula is C15H19NO4. The van der Waals surface area contributed by atoms with Crippen LogP contribution < -0.4 is 5.32 Å². The number of hydrogen-bond donors (Lipinski definition) is 2. The van der Waals surface area contributed by atoms with Crippen molar-refractivity contribution in [3.05, 3.63) is 35.4 Å². The maximum atomic E-state index is 11.7. The Balaban J connectivity index is 1.77. The first-order valence-electron chi connectivity index (χ1n) is 6.78. The van der Waals surface area contributed by atoms with E-state index in [0.717, 1.165) is 11.1 Å². The van der Waals surface area contributed by atoms with Crippen molar-refractivity contribution < 1.29 is 19.4 Å². The number of hydrogen-bond acceptors (Lipinski definition) is 3. The summed E-state index contributed by atoms with van der Waals surface area (Å²) in [7, 11) is 0. The normalized spacial score (nSPS) is 20.4. The molecule has 1 amide bonds. The van der Waals surface area contributed by atoms with Crippen LogP contribution in [0, 0.1) is 11.8 Å². The van der Waals surface area contributed by atoms with Gasteiger partial charge in [-0.1, -0.05) is 24.3 Å². The highest BCUT2D eigenvalue weighted by Crippen LogP contribution is 2.38. The SMILES string of the molecule is CCOCc1ccc(CNC(=O)C2CC2C(=O)O)cc1. The van der Waals surface area contributed by atoms with E-state index in [0.29, 0.717) is 26.2 Å². The van der Waals surface area contributed by atoms with Crippen molar-refractivity contribution in [1.29, 1.82) is 0 Å². The summed E-state index contributed by atoms with van der Waals surface area (Å²) in [5, 5.41) is 11.5. The van der Waals surface area contributed by atoms with Crippen LogP contribution in [0.4, 0.5) is 0 Å². The van der Waals surface area contributed by atoms with E-state index in [2.05, 4.69) is 5.32 Å². The number of rotatable bonds is 7. The summed E-state index contributed by atoms with van der Waals surface area (Å²) in [6.45, 7) is 3.65. The standard InChI is InChI=1S/C15H19NO4/c1-2-20-9-11-5-3-10(4-6-11)8-16-14(17)12-7-13(12)15(18)19/h3-6,12-13H,2,7-9H2,1H3,(H,16,17)(H,18,19). The lowest BCUT2D eigenvalue weighted by molar-refractivity contribution is -0.140. The molecule has 1 aliphatic carbocycles. The number of aliphatic carboxylic acids is 1. The van der Waals surface area contributed by atoms with Gasteiger partial charge in [-0.25, -0.2) is 0 Å². The van der Waals surface area contributed by atoms with E-state index in [9.17, 15) is 9.59 Å². The summed E-state index contributed by atoms with van der Waals surface area (Å²) < 4.78 is 5.31. The van der Waals surface area contributed by atoms with Crippen LogP contribution in [-0.4, -0.2) is 23.6 Å². The van der Waals surface area contributed by atoms with Crippen LogP contribution in [0.5, 0.6) is 0 Å². The van der Waals surface area contributed by atoms with Crippen LogP contribution in [0.1, 0.15) is 24.5 Å². The van der Waals surface area contributed by atoms with E-state index >= 15 is 0 Å². The van der Waals surface area contributed by atoms with E-state index in [1.807, 2.05) is 31.2 Å². The molecule has 2 unspecified atom stereocenters. The highest BCUT2D eigenvalue weighted by molar-refractivity contribution is 5.89. The predicted octanol–water partition coefficient (Wildman–Crippen LogP) is 1.56. The van der Waals surface area contributed by atoms with Crippen LogP contribution in [-0.2, 0) is 27.5 Å². The summed E-state index contributed by atoms with van der Waals surface area (Å²) >= 11 is 0. The van der Waals surface area contributed by atoms with E-state index in [1.54, 1.807) is 0 Å². The van der Waals surface area contributed by atoms with Crippen molar-refractivity contribution in [1.82, 2.24) is 5.32 Å². The molecule has 5 nitrogen and oxygen atoms in total. The zero-order valence-corrected chi connectivity index (χ0v) is 11.5. The molecule has 2 N–H and O–H groups in total. The van der Waals surface area contributed by atoms with Gasteiger partial charge in [-0.15, -0.1) is 0 Å². The van der Waals surface area contributed by atoms with Crippen molar-refractivity contribution in [2.24, 2.45) is 11.8 Å². The van der Waals surface area contributed by atoms with Gasteiger partial charge >= 0.3 is 5.97 Å². The van der Waals surface area contributed by atoms with Gasteiger partial charge in [-0.05, 0) is 24.5 Å². The lowest BCUT2D eigenvalue weighted by Gasteiger charge is -2.06. The molecule has 20 heavy (non-hydrogen) atoms. The van der Waals surface area contributed by atoms with Crippen LogP contribution in [0.2, 0.25) is 0 Å². The van der Waals surface area contributed by atoms with Gasteiger partial charge in [0.2, 0.25) is 5.91 Å². The Hall–Kier alpha value is -1.88. The monoisotopic (exact) mass is 277 g/mol. The van der Waals surface area contributed by atoms with E-state index in [-0.39, 0.29) is 11.8 Å². The van der Waals surface area contributed by atoms with Gasteiger partial charge in [0.25, 0.3) is 0 Å². The lowest BCUT2D eigenvalue weighted by Crippen LogP contribution is -2.25. The Morgan fingerprint density at radius 3 is 2.45 bits per heavy atom. The van der Waals surface area contributed by atoms with Crippen LogP contribution in [0.3, 0.4) is 0 Å². The zero-order chi connectivity index (χ0) is 14.5. The summed E-state index contributed by atoms with van der Waals surface area (Å²) in [5.41, 5.74) is 2.08. The number of carbonyl (C=O) groups excluding carboxylic acids is 1. The van der Waals surface area contributed by atoms with Crippen molar-refractivity contribution in [2.75, 3.05) is 6.61 Å². The average molecular weight is 277 g/mol. The van der Waals surface area contributed by atoms with Crippen molar-refractivity contribution in [3.8, 4) is 0 Å². The average Bonchev–Trinajstić information content (AvgIpc) is 3.24. The molecule has 2 atom stereocenters. The Kier molecular flexibility index (Phi) is 4.74. The number of carboxylic acid groups (broad SMARTS) is 1. The third-order valence-electron chi connectivity index (χ3n) is 3.41. The molecule has 0 saturated heterocycles. The Labute approximate surface area is 117 Å². The van der Waals surface area contributed by atoms with E-state index < -0.39 is 11.9 Å². The Morgan fingerprint density at radius 2 is 1.90 bits per heavy atom. The number of benzene rings is 1. The third-order valence-corrected chi connectivity index (χ3v) is 3.41. The zero-order valence-electron chi connectivity index (χ0n) is 11.5. The molecule has 1 aromatic carbocycles. The Morgan fingerprint density at radius 1 is 1.25 bits per heavy atom. The van der Waals surface area contributed by atoms with Gasteiger partial charge in [0, 0.05) is 13.2 Å². The molecular weight excluding hydrogens is 258 g/mol. The molecule has 108 valence electrons. The largest absolute Gasteiger partial charge is 0.481 e. The number of carboxylic acids is 1. The minimum Gasteiger partial charge on any atom is -0.481 e. The molecule has 0 radical (unpaired) electrons. The highest BCUT2D eigenvalue weighted by atomic mass is 16.5. The van der Waals surface area contributed by atoms with Crippen molar-refractivity contribution >= 4 is 11.9 Å². The molecule has 1 aliphatic rings. The first-order valence-corrected chi connectivity index (χ1v) is 6.78. The number of ether oxygens (including phenoxy) is 1.